The Labute approximate surface area is 153 Å². The van der Waals surface area contributed by atoms with Gasteiger partial charge in [-0.2, -0.15) is 0 Å². The molecule has 1 aliphatic rings. The van der Waals surface area contributed by atoms with Crippen molar-refractivity contribution in [1.29, 1.82) is 0 Å². The second-order valence-electron chi connectivity index (χ2n) is 6.10. The van der Waals surface area contributed by atoms with Crippen LogP contribution in [0.3, 0.4) is 0 Å². The summed E-state index contributed by atoms with van der Waals surface area (Å²) in [5, 5.41) is 13.8. The van der Waals surface area contributed by atoms with Crippen LogP contribution >= 0.6 is 0 Å². The highest BCUT2D eigenvalue weighted by molar-refractivity contribution is 5.51. The van der Waals surface area contributed by atoms with Gasteiger partial charge in [0.1, 0.15) is 12.4 Å². The summed E-state index contributed by atoms with van der Waals surface area (Å²) in [4.78, 5) is 0. The summed E-state index contributed by atoms with van der Waals surface area (Å²) in [6, 6.07) is 13.1. The second kappa shape index (κ2) is 8.78. The molecule has 6 heteroatoms. The number of rotatable bonds is 8. The van der Waals surface area contributed by atoms with Crippen LogP contribution in [0, 0.1) is 5.92 Å². The van der Waals surface area contributed by atoms with E-state index < -0.39 is 6.10 Å². The SMILES string of the molecule is COc1cccc(OC)c1OCCNC[C@@H]1COc2ccccc2[C@H]1O. The molecule has 26 heavy (non-hydrogen) atoms. The number of aliphatic hydroxyl groups is 1. The minimum Gasteiger partial charge on any atom is -0.493 e. The zero-order valence-corrected chi connectivity index (χ0v) is 15.1. The monoisotopic (exact) mass is 359 g/mol. The zero-order valence-electron chi connectivity index (χ0n) is 15.1. The lowest BCUT2D eigenvalue weighted by molar-refractivity contribution is 0.0503. The summed E-state index contributed by atoms with van der Waals surface area (Å²) in [6.07, 6.45) is -0.525. The van der Waals surface area contributed by atoms with Crippen LogP contribution in [0.1, 0.15) is 11.7 Å². The molecule has 0 fully saturated rings. The molecule has 2 N–H and O–H groups in total. The third-order valence-corrected chi connectivity index (χ3v) is 4.45. The van der Waals surface area contributed by atoms with E-state index in [-0.39, 0.29) is 5.92 Å². The van der Waals surface area contributed by atoms with E-state index in [4.69, 9.17) is 18.9 Å². The predicted octanol–water partition coefficient (Wildman–Crippen LogP) is 2.41. The van der Waals surface area contributed by atoms with Gasteiger partial charge in [-0.15, -0.1) is 0 Å². The standard InChI is InChI=1S/C20H25NO5/c1-23-17-8-5-9-18(24-2)20(17)25-11-10-21-12-14-13-26-16-7-4-3-6-15(16)19(14)22/h3-9,14,19,21-22H,10-13H2,1-2H3/t14-,19+/m1/s1. The lowest BCUT2D eigenvalue weighted by Crippen LogP contribution is -2.36. The number of aliphatic hydroxyl groups excluding tert-OH is 1. The Morgan fingerprint density at radius 3 is 2.54 bits per heavy atom. The van der Waals surface area contributed by atoms with E-state index in [0.29, 0.717) is 43.6 Å². The molecule has 0 aromatic heterocycles. The van der Waals surface area contributed by atoms with Gasteiger partial charge in [0.25, 0.3) is 0 Å². The maximum atomic E-state index is 10.5. The summed E-state index contributed by atoms with van der Waals surface area (Å²) in [5.74, 6) is 2.64. The third kappa shape index (κ3) is 4.03. The van der Waals surface area contributed by atoms with Crippen molar-refractivity contribution in [3.05, 3.63) is 48.0 Å². The van der Waals surface area contributed by atoms with Gasteiger partial charge in [0.2, 0.25) is 5.75 Å². The Morgan fingerprint density at radius 2 is 1.81 bits per heavy atom. The van der Waals surface area contributed by atoms with Gasteiger partial charge in [-0.05, 0) is 18.2 Å². The van der Waals surface area contributed by atoms with Crippen LogP contribution in [0.2, 0.25) is 0 Å². The fourth-order valence-corrected chi connectivity index (χ4v) is 3.04. The first-order valence-electron chi connectivity index (χ1n) is 8.69. The summed E-state index contributed by atoms with van der Waals surface area (Å²) in [7, 11) is 3.20. The highest BCUT2D eigenvalue weighted by atomic mass is 16.5. The molecule has 0 saturated carbocycles. The average molecular weight is 359 g/mol. The number of methoxy groups -OCH3 is 2. The molecule has 6 nitrogen and oxygen atoms in total. The van der Waals surface area contributed by atoms with Crippen molar-refractivity contribution >= 4 is 0 Å². The van der Waals surface area contributed by atoms with E-state index in [0.717, 1.165) is 11.3 Å². The smallest absolute Gasteiger partial charge is 0.203 e. The summed E-state index contributed by atoms with van der Waals surface area (Å²) >= 11 is 0. The van der Waals surface area contributed by atoms with Gasteiger partial charge >= 0.3 is 0 Å². The minimum atomic E-state index is -0.525. The Kier molecular flexibility index (Phi) is 6.20. The molecule has 0 spiro atoms. The molecule has 0 radical (unpaired) electrons. The number of nitrogens with one attached hydrogen (secondary N) is 1. The van der Waals surface area contributed by atoms with Crippen molar-refractivity contribution in [3.63, 3.8) is 0 Å². The fourth-order valence-electron chi connectivity index (χ4n) is 3.04. The van der Waals surface area contributed by atoms with Crippen molar-refractivity contribution < 1.29 is 24.1 Å². The zero-order chi connectivity index (χ0) is 18.4. The fraction of sp³-hybridized carbons (Fsp3) is 0.400. The van der Waals surface area contributed by atoms with Gasteiger partial charge in [-0.25, -0.2) is 0 Å². The number of hydrogen-bond acceptors (Lipinski definition) is 6. The van der Waals surface area contributed by atoms with Crippen LogP contribution in [-0.2, 0) is 0 Å². The summed E-state index contributed by atoms with van der Waals surface area (Å²) in [5.41, 5.74) is 0.848. The maximum Gasteiger partial charge on any atom is 0.203 e. The Hall–Kier alpha value is -2.44. The summed E-state index contributed by atoms with van der Waals surface area (Å²) < 4.78 is 22.2. The molecule has 0 aliphatic carbocycles. The van der Waals surface area contributed by atoms with Crippen LogP contribution in [0.4, 0.5) is 0 Å². The Balaban J connectivity index is 1.47. The number of para-hydroxylation sites is 2. The van der Waals surface area contributed by atoms with Crippen LogP contribution in [0.25, 0.3) is 0 Å². The molecule has 1 aliphatic heterocycles. The van der Waals surface area contributed by atoms with E-state index in [1.165, 1.54) is 0 Å². The van der Waals surface area contributed by atoms with E-state index in [1.54, 1.807) is 14.2 Å². The highest BCUT2D eigenvalue weighted by Gasteiger charge is 2.28. The average Bonchev–Trinajstić information content (AvgIpc) is 2.69. The topological polar surface area (TPSA) is 69.2 Å². The molecule has 1 heterocycles. The number of hydrogen-bond donors (Lipinski definition) is 2. The van der Waals surface area contributed by atoms with Crippen LogP contribution in [0.15, 0.2) is 42.5 Å². The molecule has 0 saturated heterocycles. The van der Waals surface area contributed by atoms with Crippen LogP contribution in [-0.4, -0.2) is 45.6 Å². The first-order chi connectivity index (χ1) is 12.7. The first kappa shape index (κ1) is 18.4. The van der Waals surface area contributed by atoms with Crippen molar-refractivity contribution in [2.45, 2.75) is 6.10 Å². The number of fused-ring (bicyclic) bond motifs is 1. The van der Waals surface area contributed by atoms with Crippen molar-refractivity contribution in [3.8, 4) is 23.0 Å². The molecular weight excluding hydrogens is 334 g/mol. The Morgan fingerprint density at radius 1 is 1.08 bits per heavy atom. The molecule has 0 unspecified atom stereocenters. The first-order valence-corrected chi connectivity index (χ1v) is 8.69. The molecule has 140 valence electrons. The molecule has 3 rings (SSSR count). The van der Waals surface area contributed by atoms with Crippen molar-refractivity contribution in [2.24, 2.45) is 5.92 Å². The van der Waals surface area contributed by atoms with E-state index in [2.05, 4.69) is 5.32 Å². The quantitative estimate of drug-likeness (QED) is 0.706. The highest BCUT2D eigenvalue weighted by Crippen LogP contribution is 2.37. The van der Waals surface area contributed by atoms with Gasteiger partial charge in [0.05, 0.1) is 26.9 Å². The van der Waals surface area contributed by atoms with Crippen LogP contribution in [0.5, 0.6) is 23.0 Å². The second-order valence-corrected chi connectivity index (χ2v) is 6.10. The van der Waals surface area contributed by atoms with Crippen molar-refractivity contribution in [1.82, 2.24) is 5.32 Å². The maximum absolute atomic E-state index is 10.5. The minimum absolute atomic E-state index is 0.00528. The van der Waals surface area contributed by atoms with E-state index in [1.807, 2.05) is 42.5 Å². The predicted molar refractivity (Wildman–Crippen MR) is 98.3 cm³/mol. The van der Waals surface area contributed by atoms with Crippen molar-refractivity contribution in [2.75, 3.05) is 40.5 Å². The molecule has 2 atom stereocenters. The lowest BCUT2D eigenvalue weighted by atomic mass is 9.93. The van der Waals surface area contributed by atoms with Gasteiger partial charge in [0.15, 0.2) is 11.5 Å². The van der Waals surface area contributed by atoms with Gasteiger partial charge in [-0.3, -0.25) is 0 Å². The normalized spacial score (nSPS) is 18.6. The lowest BCUT2D eigenvalue weighted by Gasteiger charge is -2.30. The van der Waals surface area contributed by atoms with Gasteiger partial charge in [-0.1, -0.05) is 24.3 Å². The molecule has 2 aromatic carbocycles. The third-order valence-electron chi connectivity index (χ3n) is 4.45. The number of ether oxygens (including phenoxy) is 4. The van der Waals surface area contributed by atoms with Gasteiger partial charge in [0, 0.05) is 24.6 Å². The molecule has 0 amide bonds. The molecule has 2 aromatic rings. The van der Waals surface area contributed by atoms with E-state index >= 15 is 0 Å². The van der Waals surface area contributed by atoms with Gasteiger partial charge < -0.3 is 29.4 Å². The summed E-state index contributed by atoms with van der Waals surface area (Å²) in [6.45, 7) is 2.22. The number of benzene rings is 2. The van der Waals surface area contributed by atoms with Crippen LogP contribution < -0.4 is 24.3 Å². The Bertz CT molecular complexity index is 699. The molecule has 0 bridgehead atoms. The van der Waals surface area contributed by atoms with E-state index in [9.17, 15) is 5.11 Å². The molecular formula is C20H25NO5. The largest absolute Gasteiger partial charge is 0.493 e.